The zero-order valence-electron chi connectivity index (χ0n) is 17.5. The number of aromatic nitrogens is 3. The number of carbonyl (C=O) groups is 1. The van der Waals surface area contributed by atoms with E-state index in [0.717, 1.165) is 32.1 Å². The van der Waals surface area contributed by atoms with Gasteiger partial charge in [0, 0.05) is 5.92 Å². The molecule has 3 rings (SSSR count). The molecule has 0 saturated carbocycles. The summed E-state index contributed by atoms with van der Waals surface area (Å²) in [5.74, 6) is 0.108. The van der Waals surface area contributed by atoms with E-state index in [1.165, 1.54) is 49.7 Å². The lowest BCUT2D eigenvalue weighted by atomic mass is 9.86. The second-order valence-electron chi connectivity index (χ2n) is 7.91. The molecule has 0 spiro atoms. The molecule has 28 heavy (non-hydrogen) atoms. The van der Waals surface area contributed by atoms with Gasteiger partial charge in [-0.05, 0) is 56.2 Å². The summed E-state index contributed by atoms with van der Waals surface area (Å²) in [4.78, 5) is 11.7. The highest BCUT2D eigenvalue weighted by atomic mass is 16.5. The van der Waals surface area contributed by atoms with Crippen molar-refractivity contribution < 1.29 is 9.53 Å². The maximum absolute atomic E-state index is 11.7. The maximum atomic E-state index is 11.7. The number of fused-ring (bicyclic) bond motifs is 1. The predicted molar refractivity (Wildman–Crippen MR) is 111 cm³/mol. The molecule has 1 aromatic carbocycles. The topological polar surface area (TPSA) is 57.0 Å². The van der Waals surface area contributed by atoms with Crippen LogP contribution in [0.5, 0.6) is 0 Å². The summed E-state index contributed by atoms with van der Waals surface area (Å²) in [5.41, 5.74) is 4.39. The van der Waals surface area contributed by atoms with Crippen molar-refractivity contribution in [1.29, 1.82) is 0 Å². The Kier molecular flexibility index (Phi) is 7.24. The second kappa shape index (κ2) is 9.85. The lowest BCUT2D eigenvalue weighted by Gasteiger charge is -2.22. The van der Waals surface area contributed by atoms with Crippen LogP contribution in [-0.4, -0.2) is 28.1 Å². The van der Waals surface area contributed by atoms with Crippen molar-refractivity contribution >= 4 is 5.97 Å². The van der Waals surface area contributed by atoms with E-state index in [1.54, 1.807) is 0 Å². The average molecular weight is 384 g/mol. The smallest absolute Gasteiger partial charge is 0.337 e. The van der Waals surface area contributed by atoms with Crippen LogP contribution in [0.2, 0.25) is 0 Å². The third-order valence-corrected chi connectivity index (χ3v) is 5.97. The molecular weight excluding hydrogens is 350 g/mol. The fourth-order valence-corrected chi connectivity index (χ4v) is 4.39. The quantitative estimate of drug-likeness (QED) is 0.612. The van der Waals surface area contributed by atoms with Gasteiger partial charge in [0.05, 0.1) is 30.1 Å². The summed E-state index contributed by atoms with van der Waals surface area (Å²) in [6.07, 6.45) is 10.3. The minimum atomic E-state index is -0.288. The van der Waals surface area contributed by atoms with Gasteiger partial charge < -0.3 is 4.74 Å². The first-order valence-electron chi connectivity index (χ1n) is 10.8. The van der Waals surface area contributed by atoms with Crippen LogP contribution in [0.25, 0.3) is 0 Å². The van der Waals surface area contributed by atoms with Crippen LogP contribution in [0, 0.1) is 0 Å². The van der Waals surface area contributed by atoms with E-state index in [4.69, 9.17) is 4.74 Å². The SMILES string of the molecule is CCCC(CC)n1nnc2c1CCCCCC2Cc1ccc(C(=O)OC)cc1. The number of benzene rings is 1. The number of esters is 1. The van der Waals surface area contributed by atoms with Crippen LogP contribution in [-0.2, 0) is 17.6 Å². The summed E-state index contributed by atoms with van der Waals surface area (Å²) < 4.78 is 7.03. The van der Waals surface area contributed by atoms with Crippen molar-refractivity contribution in [2.45, 2.75) is 83.6 Å². The van der Waals surface area contributed by atoms with E-state index in [1.807, 2.05) is 24.3 Å². The van der Waals surface area contributed by atoms with Crippen LogP contribution in [0.3, 0.4) is 0 Å². The molecule has 0 radical (unpaired) electrons. The summed E-state index contributed by atoms with van der Waals surface area (Å²) in [6, 6.07) is 8.26. The fourth-order valence-electron chi connectivity index (χ4n) is 4.39. The average Bonchev–Trinajstić information content (AvgIpc) is 3.11. The molecule has 2 aromatic rings. The van der Waals surface area contributed by atoms with Crippen molar-refractivity contribution in [2.24, 2.45) is 0 Å². The standard InChI is InChI=1S/C23H33N3O2/c1-4-9-20(5-2)26-21-11-8-6-7-10-19(22(21)24-25-26)16-17-12-14-18(15-13-17)23(27)28-3/h12-15,19-20H,4-11,16H2,1-3H3. The number of ether oxygens (including phenoxy) is 1. The molecular formula is C23H33N3O2. The number of carbonyl (C=O) groups excluding carboxylic acids is 1. The first-order chi connectivity index (χ1) is 13.7. The molecule has 1 aromatic heterocycles. The van der Waals surface area contributed by atoms with Gasteiger partial charge in [0.25, 0.3) is 0 Å². The Morgan fingerprint density at radius 2 is 2.00 bits per heavy atom. The van der Waals surface area contributed by atoms with Crippen molar-refractivity contribution in [3.05, 3.63) is 46.8 Å². The van der Waals surface area contributed by atoms with Gasteiger partial charge in [-0.1, -0.05) is 50.5 Å². The molecule has 1 aliphatic carbocycles. The Balaban J connectivity index is 1.84. The van der Waals surface area contributed by atoms with Gasteiger partial charge in [-0.2, -0.15) is 0 Å². The zero-order chi connectivity index (χ0) is 19.9. The Morgan fingerprint density at radius 1 is 1.21 bits per heavy atom. The molecule has 1 heterocycles. The Labute approximate surface area is 168 Å². The van der Waals surface area contributed by atoms with E-state index in [-0.39, 0.29) is 5.97 Å². The van der Waals surface area contributed by atoms with Crippen LogP contribution < -0.4 is 0 Å². The van der Waals surface area contributed by atoms with E-state index < -0.39 is 0 Å². The zero-order valence-corrected chi connectivity index (χ0v) is 17.5. The predicted octanol–water partition coefficient (Wildman–Crippen LogP) is 5.26. The normalized spacial score (nSPS) is 18.0. The molecule has 2 unspecified atom stereocenters. The van der Waals surface area contributed by atoms with E-state index in [0.29, 0.717) is 17.5 Å². The highest BCUT2D eigenvalue weighted by Crippen LogP contribution is 2.33. The minimum absolute atomic E-state index is 0.288. The van der Waals surface area contributed by atoms with Crippen LogP contribution in [0.4, 0.5) is 0 Å². The van der Waals surface area contributed by atoms with Crippen molar-refractivity contribution in [2.75, 3.05) is 7.11 Å². The van der Waals surface area contributed by atoms with Gasteiger partial charge in [0.2, 0.25) is 0 Å². The highest BCUT2D eigenvalue weighted by molar-refractivity contribution is 5.89. The maximum Gasteiger partial charge on any atom is 0.337 e. The van der Waals surface area contributed by atoms with Crippen LogP contribution in [0.1, 0.15) is 98.1 Å². The molecule has 0 fully saturated rings. The van der Waals surface area contributed by atoms with Gasteiger partial charge in [-0.15, -0.1) is 5.10 Å². The summed E-state index contributed by atoms with van der Waals surface area (Å²) in [5, 5.41) is 9.30. The second-order valence-corrected chi connectivity index (χ2v) is 7.91. The Morgan fingerprint density at radius 3 is 2.68 bits per heavy atom. The molecule has 0 saturated heterocycles. The highest BCUT2D eigenvalue weighted by Gasteiger charge is 2.26. The van der Waals surface area contributed by atoms with Gasteiger partial charge in [0.1, 0.15) is 0 Å². The molecule has 0 bridgehead atoms. The third-order valence-electron chi connectivity index (χ3n) is 5.97. The Hall–Kier alpha value is -2.17. The summed E-state index contributed by atoms with van der Waals surface area (Å²) >= 11 is 0. The third kappa shape index (κ3) is 4.62. The van der Waals surface area contributed by atoms with Crippen molar-refractivity contribution in [1.82, 2.24) is 15.0 Å². The van der Waals surface area contributed by atoms with Gasteiger partial charge in [-0.3, -0.25) is 0 Å². The summed E-state index contributed by atoms with van der Waals surface area (Å²) in [7, 11) is 1.41. The molecule has 0 N–H and O–H groups in total. The minimum Gasteiger partial charge on any atom is -0.465 e. The lowest BCUT2D eigenvalue weighted by molar-refractivity contribution is 0.0600. The number of hydrogen-bond donors (Lipinski definition) is 0. The largest absolute Gasteiger partial charge is 0.465 e. The van der Waals surface area contributed by atoms with Crippen LogP contribution in [0.15, 0.2) is 24.3 Å². The number of rotatable bonds is 7. The van der Waals surface area contributed by atoms with Crippen LogP contribution >= 0.6 is 0 Å². The molecule has 0 aliphatic heterocycles. The number of hydrogen-bond acceptors (Lipinski definition) is 4. The first-order valence-corrected chi connectivity index (χ1v) is 10.8. The molecule has 5 nitrogen and oxygen atoms in total. The van der Waals surface area contributed by atoms with E-state index >= 15 is 0 Å². The first kappa shape index (κ1) is 20.6. The number of nitrogens with zero attached hydrogens (tertiary/aromatic N) is 3. The van der Waals surface area contributed by atoms with E-state index in [9.17, 15) is 4.79 Å². The van der Waals surface area contributed by atoms with Gasteiger partial charge >= 0.3 is 5.97 Å². The molecule has 152 valence electrons. The van der Waals surface area contributed by atoms with E-state index in [2.05, 4.69) is 28.8 Å². The van der Waals surface area contributed by atoms with Gasteiger partial charge in [-0.25, -0.2) is 9.48 Å². The monoisotopic (exact) mass is 383 g/mol. The van der Waals surface area contributed by atoms with Gasteiger partial charge in [0.15, 0.2) is 0 Å². The number of methoxy groups -OCH3 is 1. The van der Waals surface area contributed by atoms with Crippen molar-refractivity contribution in [3.8, 4) is 0 Å². The Bertz CT molecular complexity index is 767. The fraction of sp³-hybridized carbons (Fsp3) is 0.609. The lowest BCUT2D eigenvalue weighted by Crippen LogP contribution is -2.16. The molecule has 1 aliphatic rings. The molecule has 0 amide bonds. The molecule has 5 heteroatoms. The summed E-state index contributed by atoms with van der Waals surface area (Å²) in [6.45, 7) is 4.49. The van der Waals surface area contributed by atoms with Crippen molar-refractivity contribution in [3.63, 3.8) is 0 Å². The molecule has 2 atom stereocenters.